The van der Waals surface area contributed by atoms with Crippen LogP contribution in [0.25, 0.3) is 0 Å². The number of carbonyl (C=O) groups excluding carboxylic acids is 3. The fraction of sp³-hybridized carbons (Fsp3) is 0.381. The van der Waals surface area contributed by atoms with Crippen molar-refractivity contribution in [1.82, 2.24) is 9.88 Å². The summed E-state index contributed by atoms with van der Waals surface area (Å²) in [6.07, 6.45) is 3.53. The number of rotatable bonds is 5. The van der Waals surface area contributed by atoms with E-state index in [9.17, 15) is 14.4 Å². The summed E-state index contributed by atoms with van der Waals surface area (Å²) in [5.74, 6) is -1.09. The number of aryl methyl sites for hydroxylation is 2. The van der Waals surface area contributed by atoms with Crippen LogP contribution < -0.4 is 5.32 Å². The Morgan fingerprint density at radius 3 is 2.70 bits per heavy atom. The van der Waals surface area contributed by atoms with Gasteiger partial charge in [-0.3, -0.25) is 9.59 Å². The van der Waals surface area contributed by atoms with Gasteiger partial charge in [-0.05, 0) is 50.3 Å². The lowest BCUT2D eigenvalue weighted by atomic mass is 9.87. The fourth-order valence-electron chi connectivity index (χ4n) is 3.43. The van der Waals surface area contributed by atoms with E-state index in [1.54, 1.807) is 20.2 Å². The van der Waals surface area contributed by atoms with Gasteiger partial charge in [-0.2, -0.15) is 0 Å². The smallest absolute Gasteiger partial charge is 0.355 e. The number of nitrogens with one attached hydrogen (secondary N) is 1. The number of fused-ring (bicyclic) bond motifs is 1. The monoisotopic (exact) mass is 368 g/mol. The number of carbonyl (C=O) groups is 3. The van der Waals surface area contributed by atoms with Gasteiger partial charge in [-0.25, -0.2) is 4.79 Å². The molecule has 27 heavy (non-hydrogen) atoms. The first-order valence-electron chi connectivity index (χ1n) is 9.13. The van der Waals surface area contributed by atoms with Crippen LogP contribution in [-0.4, -0.2) is 28.3 Å². The summed E-state index contributed by atoms with van der Waals surface area (Å²) in [5.41, 5.74) is 3.05. The third-order valence-electron chi connectivity index (χ3n) is 4.96. The number of aromatic nitrogens is 1. The molecule has 0 saturated heterocycles. The minimum absolute atomic E-state index is 0.0667. The van der Waals surface area contributed by atoms with Crippen LogP contribution in [-0.2, 0) is 23.0 Å². The molecule has 0 unspecified atom stereocenters. The van der Waals surface area contributed by atoms with E-state index < -0.39 is 12.1 Å². The number of Topliss-reactive ketones (excluding diaryl/α,β-unsaturated/α-hetero) is 1. The van der Waals surface area contributed by atoms with E-state index in [2.05, 4.69) is 11.4 Å². The van der Waals surface area contributed by atoms with Crippen molar-refractivity contribution in [3.63, 3.8) is 0 Å². The summed E-state index contributed by atoms with van der Waals surface area (Å²) in [5, 5.41) is 2.99. The first kappa shape index (κ1) is 18.9. The molecule has 6 heteroatoms. The minimum Gasteiger partial charge on any atom is -0.448 e. The van der Waals surface area contributed by atoms with Crippen LogP contribution in [0.4, 0.5) is 0 Å². The van der Waals surface area contributed by atoms with Crippen molar-refractivity contribution >= 4 is 17.7 Å². The molecule has 0 spiro atoms. The highest BCUT2D eigenvalue weighted by atomic mass is 16.5. The van der Waals surface area contributed by atoms with Gasteiger partial charge in [0.25, 0.3) is 5.91 Å². The van der Waals surface area contributed by atoms with Crippen molar-refractivity contribution in [2.45, 2.75) is 45.3 Å². The molecule has 0 fully saturated rings. The van der Waals surface area contributed by atoms with E-state index in [-0.39, 0.29) is 23.4 Å². The molecule has 0 radical (unpaired) electrons. The molecule has 3 rings (SSSR count). The number of esters is 1. The van der Waals surface area contributed by atoms with Crippen molar-refractivity contribution in [1.29, 1.82) is 0 Å². The van der Waals surface area contributed by atoms with Crippen LogP contribution in [0.15, 0.2) is 36.5 Å². The number of hydrogen-bond donors (Lipinski definition) is 1. The molecule has 1 N–H and O–H groups in total. The maximum absolute atomic E-state index is 12.5. The second-order valence-corrected chi connectivity index (χ2v) is 6.98. The van der Waals surface area contributed by atoms with Gasteiger partial charge in [0.15, 0.2) is 11.9 Å². The number of ketones is 1. The first-order valence-corrected chi connectivity index (χ1v) is 9.13. The Hall–Kier alpha value is -2.89. The molecule has 1 aliphatic rings. The van der Waals surface area contributed by atoms with E-state index in [0.717, 1.165) is 24.8 Å². The zero-order valence-corrected chi connectivity index (χ0v) is 15.8. The highest BCUT2D eigenvalue weighted by Gasteiger charge is 2.26. The molecule has 2 aromatic rings. The van der Waals surface area contributed by atoms with E-state index >= 15 is 0 Å². The molecule has 1 aromatic heterocycles. The van der Waals surface area contributed by atoms with Gasteiger partial charge < -0.3 is 14.6 Å². The van der Waals surface area contributed by atoms with Gasteiger partial charge in [-0.15, -0.1) is 0 Å². The number of ether oxygens (including phenoxy) is 1. The number of nitrogens with zero attached hydrogens (tertiary/aromatic N) is 1. The van der Waals surface area contributed by atoms with Gasteiger partial charge in [0, 0.05) is 18.8 Å². The Balaban J connectivity index is 1.65. The van der Waals surface area contributed by atoms with Crippen molar-refractivity contribution in [3.05, 3.63) is 58.9 Å². The van der Waals surface area contributed by atoms with E-state index in [1.807, 2.05) is 18.2 Å². The van der Waals surface area contributed by atoms with Crippen molar-refractivity contribution in [2.75, 3.05) is 0 Å². The molecule has 0 bridgehead atoms. The van der Waals surface area contributed by atoms with Crippen molar-refractivity contribution < 1.29 is 19.1 Å². The molecule has 0 aliphatic heterocycles. The van der Waals surface area contributed by atoms with E-state index in [0.29, 0.717) is 5.56 Å². The summed E-state index contributed by atoms with van der Waals surface area (Å²) >= 11 is 0. The second kappa shape index (κ2) is 7.78. The van der Waals surface area contributed by atoms with E-state index in [1.165, 1.54) is 23.1 Å². The Labute approximate surface area is 158 Å². The predicted octanol–water partition coefficient (Wildman–Crippen LogP) is 2.97. The number of amides is 1. The average molecular weight is 368 g/mol. The van der Waals surface area contributed by atoms with Crippen LogP contribution in [0, 0.1) is 0 Å². The maximum atomic E-state index is 12.5. The largest absolute Gasteiger partial charge is 0.448 e. The van der Waals surface area contributed by atoms with Crippen LogP contribution in [0.3, 0.4) is 0 Å². The fourth-order valence-corrected chi connectivity index (χ4v) is 3.43. The quantitative estimate of drug-likeness (QED) is 0.650. The lowest BCUT2D eigenvalue weighted by Gasteiger charge is -2.27. The summed E-state index contributed by atoms with van der Waals surface area (Å²) in [7, 11) is 1.66. The normalized spacial score (nSPS) is 16.9. The van der Waals surface area contributed by atoms with Crippen LogP contribution in [0.2, 0.25) is 0 Å². The predicted molar refractivity (Wildman–Crippen MR) is 101 cm³/mol. The molecule has 6 nitrogen and oxygen atoms in total. The van der Waals surface area contributed by atoms with Gasteiger partial charge >= 0.3 is 5.97 Å². The van der Waals surface area contributed by atoms with Crippen LogP contribution in [0.1, 0.15) is 64.7 Å². The van der Waals surface area contributed by atoms with Gasteiger partial charge in [0.05, 0.1) is 6.04 Å². The zero-order valence-electron chi connectivity index (χ0n) is 15.8. The molecule has 142 valence electrons. The molecule has 1 aliphatic carbocycles. The molecule has 1 amide bonds. The van der Waals surface area contributed by atoms with Crippen molar-refractivity contribution in [2.24, 2.45) is 7.05 Å². The standard InChI is InChI=1S/C21H24N2O4/c1-13(24)16-11-19(23(3)12-16)21(26)27-14(2)20(25)22-18-10-6-8-15-7-4-5-9-17(15)18/h4-5,7,9,11-12,14,18H,6,8,10H2,1-3H3,(H,22,25)/t14-,18+/m0/s1. The maximum Gasteiger partial charge on any atom is 0.355 e. The summed E-state index contributed by atoms with van der Waals surface area (Å²) < 4.78 is 6.85. The molecule has 2 atom stereocenters. The lowest BCUT2D eigenvalue weighted by molar-refractivity contribution is -0.130. The SMILES string of the molecule is CC(=O)c1cc(C(=O)O[C@@H](C)C(=O)N[C@@H]2CCCc3ccccc32)n(C)c1. The third kappa shape index (κ3) is 4.10. The Kier molecular flexibility index (Phi) is 5.44. The number of hydrogen-bond acceptors (Lipinski definition) is 4. The highest BCUT2D eigenvalue weighted by molar-refractivity contribution is 5.98. The molecule has 1 aromatic carbocycles. The summed E-state index contributed by atoms with van der Waals surface area (Å²) in [6, 6.07) is 9.50. The van der Waals surface area contributed by atoms with E-state index in [4.69, 9.17) is 4.74 Å². The zero-order chi connectivity index (χ0) is 19.6. The Morgan fingerprint density at radius 1 is 1.26 bits per heavy atom. The Morgan fingerprint density at radius 2 is 2.00 bits per heavy atom. The molecular weight excluding hydrogens is 344 g/mol. The lowest BCUT2D eigenvalue weighted by Crippen LogP contribution is -2.39. The molecular formula is C21H24N2O4. The second-order valence-electron chi connectivity index (χ2n) is 6.98. The van der Waals surface area contributed by atoms with Crippen LogP contribution in [0.5, 0.6) is 0 Å². The average Bonchev–Trinajstić information content (AvgIpc) is 3.04. The minimum atomic E-state index is -0.928. The third-order valence-corrected chi connectivity index (χ3v) is 4.96. The molecule has 0 saturated carbocycles. The van der Waals surface area contributed by atoms with Gasteiger partial charge in [0.1, 0.15) is 5.69 Å². The Bertz CT molecular complexity index is 884. The summed E-state index contributed by atoms with van der Waals surface area (Å²) in [6.45, 7) is 2.99. The first-order chi connectivity index (χ1) is 12.9. The summed E-state index contributed by atoms with van der Waals surface area (Å²) in [4.78, 5) is 36.4. The molecule has 1 heterocycles. The topological polar surface area (TPSA) is 77.4 Å². The van der Waals surface area contributed by atoms with Gasteiger partial charge in [0.2, 0.25) is 0 Å². The van der Waals surface area contributed by atoms with Gasteiger partial charge in [-0.1, -0.05) is 24.3 Å². The highest BCUT2D eigenvalue weighted by Crippen LogP contribution is 2.29. The number of benzene rings is 1. The van der Waals surface area contributed by atoms with Crippen molar-refractivity contribution in [3.8, 4) is 0 Å². The van der Waals surface area contributed by atoms with Crippen LogP contribution >= 0.6 is 0 Å².